The first-order valence-electron chi connectivity index (χ1n) is 20.0. The molecule has 4 heterocycles. The second kappa shape index (κ2) is 29.3. The van der Waals surface area contributed by atoms with Gasteiger partial charge in [-0.3, -0.25) is 0 Å². The molecule has 0 fully saturated rings. The molecule has 63 heavy (non-hydrogen) atoms. The zero-order valence-electron chi connectivity index (χ0n) is 35.6. The molecule has 330 valence electrons. The third-order valence-electron chi connectivity index (χ3n) is 9.82. The number of aromatic hydroxyl groups is 1. The van der Waals surface area contributed by atoms with Gasteiger partial charge in [0.2, 0.25) is 11.0 Å². The van der Waals surface area contributed by atoms with Gasteiger partial charge in [0.15, 0.2) is 11.4 Å². The number of unbranched alkanes of at least 4 members (excludes halogenated alkanes) is 7. The van der Waals surface area contributed by atoms with Crippen molar-refractivity contribution in [1.29, 1.82) is 0 Å². The minimum atomic E-state index is -1.11. The Morgan fingerprint density at radius 3 is 1.27 bits per heavy atom. The minimum absolute atomic E-state index is 0. The van der Waals surface area contributed by atoms with Crippen LogP contribution in [0, 0.1) is 33.5 Å². The number of aromatic carboxylic acids is 1. The van der Waals surface area contributed by atoms with Crippen LogP contribution in [-0.4, -0.2) is 25.6 Å². The fraction of sp³-hybridized carbons (Fsp3) is 0.255. The number of carboxylic acids is 1. The Kier molecular flexibility index (Phi) is 26.0. The number of nitrogens with zero attached hydrogens (tertiary/aromatic N) is 4. The molecule has 3 aromatic carbocycles. The van der Waals surface area contributed by atoms with Crippen molar-refractivity contribution in [2.45, 2.75) is 78.3 Å². The largest absolute Gasteiger partial charge is 2.00 e. The van der Waals surface area contributed by atoms with Crippen molar-refractivity contribution in [3.8, 4) is 5.75 Å². The molecule has 7 rings (SSSR count). The standard InChI is InChI=1S/C30H38N4.C7H6O3.2C5H4NOS.2ClH.Zn/c1-23-21-27(31)25-15-9-11-17-29(25)33(23)19-13-7-5-3-4-6-8-14-20-34-24(2)22-28(32)26-16-10-12-18-30(26)34;8-6-4-2-1-3-5(6)7(9)10;2*7-6-4-2-1-3-5(6)8;;;/h9-12,15-18,21-22,31-32H,3-8,13-14,19-20H2,1-2H3;1-4,8H,(H,9,10);2*1-4H;2*1H;/q;;2*-1;;;+2. The Balaban J connectivity index is 0.000000553. The molecule has 0 aliphatic heterocycles. The van der Waals surface area contributed by atoms with E-state index in [9.17, 15) is 15.2 Å². The number of aryl methyl sites for hydroxylation is 4. The number of halogens is 2. The SMILES string of the molecule is Cc1cc(N)c2ccccc2[n+]1CCCCCCCCCC[n+]1c(C)cc(N)c2ccccc21.O=C(O)c1ccccc1O.[Cl-].[Cl-].[O-]n1ccccc1=S.[O-]n1ccccc1=S.[Zn+2]. The summed E-state index contributed by atoms with van der Waals surface area (Å²) in [4.78, 5) is 10.3. The molecule has 0 saturated heterocycles. The first-order chi connectivity index (χ1) is 28.9. The molecule has 0 spiro atoms. The summed E-state index contributed by atoms with van der Waals surface area (Å²) < 4.78 is 6.77. The molecule has 16 heteroatoms. The van der Waals surface area contributed by atoms with Crippen LogP contribution in [-0.2, 0) is 32.6 Å². The van der Waals surface area contributed by atoms with Crippen LogP contribution in [0.2, 0.25) is 0 Å². The quantitative estimate of drug-likeness (QED) is 0.0600. The number of para-hydroxylation sites is 3. The van der Waals surface area contributed by atoms with Gasteiger partial charge in [-0.1, -0.05) is 98.6 Å². The number of fused-ring (bicyclic) bond motifs is 2. The summed E-state index contributed by atoms with van der Waals surface area (Å²) in [5.41, 5.74) is 19.1. The maximum absolute atomic E-state index is 10.4. The summed E-state index contributed by atoms with van der Waals surface area (Å²) in [5.74, 6) is -1.31. The van der Waals surface area contributed by atoms with Crippen molar-refractivity contribution in [3.63, 3.8) is 0 Å². The van der Waals surface area contributed by atoms with E-state index < -0.39 is 5.97 Å². The average molecular weight is 983 g/mol. The first-order valence-corrected chi connectivity index (χ1v) is 20.8. The van der Waals surface area contributed by atoms with Gasteiger partial charge in [0.25, 0.3) is 0 Å². The third kappa shape index (κ3) is 17.5. The topological polar surface area (TPSA) is 173 Å². The van der Waals surface area contributed by atoms with Crippen molar-refractivity contribution in [1.82, 2.24) is 9.46 Å². The van der Waals surface area contributed by atoms with Gasteiger partial charge in [0.05, 0.1) is 22.1 Å². The molecule has 0 bridgehead atoms. The van der Waals surface area contributed by atoms with E-state index in [4.69, 9.17) is 21.7 Å². The van der Waals surface area contributed by atoms with Gasteiger partial charge >= 0.3 is 25.4 Å². The summed E-state index contributed by atoms with van der Waals surface area (Å²) in [6.07, 6.45) is 13.1. The molecular weight excluding hydrogens is 929 g/mol. The molecule has 0 amide bonds. The monoisotopic (exact) mass is 980 g/mol. The van der Waals surface area contributed by atoms with Crippen LogP contribution >= 0.6 is 24.4 Å². The van der Waals surface area contributed by atoms with Gasteiger partial charge in [-0.15, -0.1) is 0 Å². The van der Waals surface area contributed by atoms with Crippen LogP contribution in [0.25, 0.3) is 21.8 Å². The van der Waals surface area contributed by atoms with Gasteiger partial charge in [-0.25, -0.2) is 4.79 Å². The van der Waals surface area contributed by atoms with Crippen LogP contribution in [0.1, 0.15) is 73.1 Å². The Hall–Kier alpha value is -5.11. The van der Waals surface area contributed by atoms with Crippen molar-refractivity contribution >= 4 is 63.6 Å². The number of hydrogen-bond donors (Lipinski definition) is 4. The van der Waals surface area contributed by atoms with Crippen LogP contribution in [0.3, 0.4) is 0 Å². The number of anilines is 2. The molecule has 4 aromatic heterocycles. The Labute approximate surface area is 404 Å². The number of phenols is 1. The fourth-order valence-electron chi connectivity index (χ4n) is 6.72. The third-order valence-corrected chi connectivity index (χ3v) is 10.4. The van der Waals surface area contributed by atoms with Gasteiger partial charge in [-0.05, 0) is 73.8 Å². The minimum Gasteiger partial charge on any atom is -1.00 e. The first kappa shape index (κ1) is 55.9. The number of nitrogens with two attached hydrogens (primary N) is 2. The maximum Gasteiger partial charge on any atom is 2.00 e. The molecule has 0 radical (unpaired) electrons. The van der Waals surface area contributed by atoms with Gasteiger partial charge in [0.1, 0.15) is 33.7 Å². The predicted molar refractivity (Wildman–Crippen MR) is 247 cm³/mol. The molecule has 7 aromatic rings. The van der Waals surface area contributed by atoms with Gasteiger partial charge in [0, 0.05) is 51.0 Å². The van der Waals surface area contributed by atoms with Crippen LogP contribution < -0.4 is 45.4 Å². The van der Waals surface area contributed by atoms with Crippen molar-refractivity contribution in [3.05, 3.63) is 170 Å². The van der Waals surface area contributed by atoms with E-state index in [1.54, 1.807) is 48.5 Å². The number of pyridine rings is 4. The summed E-state index contributed by atoms with van der Waals surface area (Å²) in [6, 6.07) is 36.9. The van der Waals surface area contributed by atoms with E-state index in [1.807, 2.05) is 0 Å². The van der Waals surface area contributed by atoms with Gasteiger partial charge in [-0.2, -0.15) is 9.13 Å². The molecule has 11 nitrogen and oxygen atoms in total. The van der Waals surface area contributed by atoms with Crippen molar-refractivity contribution in [2.75, 3.05) is 11.5 Å². The van der Waals surface area contributed by atoms with E-state index in [-0.39, 0.29) is 55.6 Å². The summed E-state index contributed by atoms with van der Waals surface area (Å²) >= 11 is 9.21. The molecule has 0 aliphatic carbocycles. The number of nitrogen functional groups attached to an aromatic ring is 2. The van der Waals surface area contributed by atoms with Crippen LogP contribution in [0.15, 0.2) is 134 Å². The van der Waals surface area contributed by atoms with E-state index in [0.29, 0.717) is 18.7 Å². The van der Waals surface area contributed by atoms with E-state index in [2.05, 4.69) is 108 Å². The summed E-state index contributed by atoms with van der Waals surface area (Å²) in [7, 11) is 0. The van der Waals surface area contributed by atoms with Gasteiger partial charge < -0.3 is 66.4 Å². The summed E-state index contributed by atoms with van der Waals surface area (Å²) in [5, 5.41) is 40.5. The number of carbonyl (C=O) groups is 1. The molecule has 6 N–H and O–H groups in total. The molecule has 0 saturated carbocycles. The van der Waals surface area contributed by atoms with Crippen LogP contribution in [0.4, 0.5) is 11.4 Å². The van der Waals surface area contributed by atoms with Crippen molar-refractivity contribution < 1.29 is 68.4 Å². The van der Waals surface area contributed by atoms with E-state index >= 15 is 0 Å². The van der Waals surface area contributed by atoms with E-state index in [0.717, 1.165) is 35.2 Å². The van der Waals surface area contributed by atoms with Crippen LogP contribution in [0.5, 0.6) is 5.75 Å². The molecule has 0 aliphatic rings. The average Bonchev–Trinajstić information content (AvgIpc) is 3.23. The number of rotatable bonds is 12. The van der Waals surface area contributed by atoms with E-state index in [1.165, 1.54) is 98.3 Å². The predicted octanol–water partition coefficient (Wildman–Crippen LogP) is 4.39. The smallest absolute Gasteiger partial charge is 1.00 e. The maximum atomic E-state index is 10.4. The Morgan fingerprint density at radius 2 is 0.937 bits per heavy atom. The summed E-state index contributed by atoms with van der Waals surface area (Å²) in [6.45, 7) is 6.46. The normalized spacial score (nSPS) is 9.94. The molecular formula is C47H54Cl2N6O5S2Zn. The second-order valence-electron chi connectivity index (χ2n) is 14.2. The number of benzene rings is 3. The zero-order valence-corrected chi connectivity index (χ0v) is 41.7. The molecule has 0 unspecified atom stereocenters. The second-order valence-corrected chi connectivity index (χ2v) is 15.0. The number of aromatic nitrogens is 4. The Bertz CT molecular complexity index is 2460. The molecule has 0 atom stereocenters. The number of hydrogen-bond acceptors (Lipinski definition) is 8. The zero-order chi connectivity index (χ0) is 43.4. The fourth-order valence-corrected chi connectivity index (χ4v) is 7.00. The van der Waals surface area contributed by atoms with Crippen molar-refractivity contribution in [2.24, 2.45) is 0 Å². The Morgan fingerprint density at radius 1 is 0.587 bits per heavy atom. The number of carboxylic acid groups (broad SMARTS) is 1.